The zero-order valence-electron chi connectivity index (χ0n) is 14.2. The van der Waals surface area contributed by atoms with Crippen molar-refractivity contribution >= 4 is 17.5 Å². The van der Waals surface area contributed by atoms with Gasteiger partial charge in [-0.1, -0.05) is 18.2 Å². The van der Waals surface area contributed by atoms with Crippen molar-refractivity contribution in [2.75, 3.05) is 32.2 Å². The number of methoxy groups -OCH3 is 1. The van der Waals surface area contributed by atoms with Crippen molar-refractivity contribution in [2.24, 2.45) is 0 Å². The van der Waals surface area contributed by atoms with Crippen LogP contribution in [0, 0.1) is 0 Å². The molecule has 0 unspecified atom stereocenters. The largest absolute Gasteiger partial charge is 0.496 e. The molecule has 0 saturated heterocycles. The fraction of sp³-hybridized carbons (Fsp3) is 0.263. The lowest BCUT2D eigenvalue weighted by Gasteiger charge is -2.26. The van der Waals surface area contributed by atoms with Crippen LogP contribution in [-0.4, -0.2) is 39.1 Å². The minimum atomic E-state index is -0.191. The van der Waals surface area contributed by atoms with E-state index < -0.39 is 0 Å². The zero-order valence-corrected chi connectivity index (χ0v) is 14.2. The maximum absolute atomic E-state index is 12.4. The van der Waals surface area contributed by atoms with Gasteiger partial charge in [-0.3, -0.25) is 9.59 Å². The van der Waals surface area contributed by atoms with Crippen molar-refractivity contribution < 1.29 is 19.1 Å². The molecule has 0 fully saturated rings. The third-order valence-electron chi connectivity index (χ3n) is 4.18. The van der Waals surface area contributed by atoms with Crippen LogP contribution in [0.25, 0.3) is 0 Å². The molecule has 0 bridgehead atoms. The molecule has 6 nitrogen and oxygen atoms in total. The number of nitrogens with zero attached hydrogens (tertiary/aromatic N) is 1. The van der Waals surface area contributed by atoms with Gasteiger partial charge < -0.3 is 19.7 Å². The molecular weight excluding hydrogens is 320 g/mol. The van der Waals surface area contributed by atoms with Crippen molar-refractivity contribution in [3.63, 3.8) is 0 Å². The number of hydrogen-bond donors (Lipinski definition) is 1. The Balaban J connectivity index is 1.65. The highest BCUT2D eigenvalue weighted by Crippen LogP contribution is 2.31. The predicted molar refractivity (Wildman–Crippen MR) is 94.4 cm³/mol. The number of ether oxygens (including phenoxy) is 2. The lowest BCUT2D eigenvalue weighted by molar-refractivity contribution is -0.120. The molecule has 0 atom stereocenters. The second-order valence-corrected chi connectivity index (χ2v) is 5.74. The summed E-state index contributed by atoms with van der Waals surface area (Å²) in [7, 11) is 3.30. The van der Waals surface area contributed by atoms with Crippen molar-refractivity contribution in [1.82, 2.24) is 5.32 Å². The topological polar surface area (TPSA) is 67.9 Å². The predicted octanol–water partition coefficient (Wildman–Crippen LogP) is 2.02. The number of para-hydroxylation sites is 1. The summed E-state index contributed by atoms with van der Waals surface area (Å²) in [6, 6.07) is 12.8. The Morgan fingerprint density at radius 2 is 2.08 bits per heavy atom. The Morgan fingerprint density at radius 1 is 1.28 bits per heavy atom. The summed E-state index contributed by atoms with van der Waals surface area (Å²) in [6.45, 7) is 0.509. The summed E-state index contributed by atoms with van der Waals surface area (Å²) in [4.78, 5) is 25.6. The third-order valence-corrected chi connectivity index (χ3v) is 4.18. The van der Waals surface area contributed by atoms with Crippen molar-refractivity contribution in [2.45, 2.75) is 6.42 Å². The van der Waals surface area contributed by atoms with E-state index in [1.165, 1.54) is 4.90 Å². The standard InChI is InChI=1S/C19H20N2O4/c1-21-15-11-14(7-8-17(15)25-12-18(21)22)19(23)20-10-9-13-5-3-4-6-16(13)24-2/h3-8,11H,9-10,12H2,1-2H3,(H,20,23). The van der Waals surface area contributed by atoms with E-state index in [1.807, 2.05) is 24.3 Å². The quantitative estimate of drug-likeness (QED) is 0.904. The monoisotopic (exact) mass is 340 g/mol. The maximum atomic E-state index is 12.4. The molecule has 6 heteroatoms. The van der Waals surface area contributed by atoms with Gasteiger partial charge in [0.2, 0.25) is 0 Å². The Morgan fingerprint density at radius 3 is 2.88 bits per heavy atom. The summed E-state index contributed by atoms with van der Waals surface area (Å²) in [5, 5.41) is 2.89. The fourth-order valence-electron chi connectivity index (χ4n) is 2.74. The van der Waals surface area contributed by atoms with E-state index in [9.17, 15) is 9.59 Å². The first-order chi connectivity index (χ1) is 12.1. The normalized spacial score (nSPS) is 13.0. The lowest BCUT2D eigenvalue weighted by atomic mass is 10.1. The molecule has 0 aromatic heterocycles. The van der Waals surface area contributed by atoms with Crippen molar-refractivity contribution in [3.8, 4) is 11.5 Å². The first-order valence-corrected chi connectivity index (χ1v) is 8.03. The summed E-state index contributed by atoms with van der Waals surface area (Å²) < 4.78 is 10.7. The minimum Gasteiger partial charge on any atom is -0.496 e. The summed E-state index contributed by atoms with van der Waals surface area (Å²) >= 11 is 0. The van der Waals surface area contributed by atoms with Gasteiger partial charge in [-0.05, 0) is 36.2 Å². The van der Waals surface area contributed by atoms with Crippen LogP contribution in [-0.2, 0) is 11.2 Å². The highest BCUT2D eigenvalue weighted by Gasteiger charge is 2.23. The highest BCUT2D eigenvalue weighted by molar-refractivity contribution is 6.00. The van der Waals surface area contributed by atoms with E-state index in [0.717, 1.165) is 11.3 Å². The number of carbonyl (C=O) groups is 2. The van der Waals surface area contributed by atoms with Gasteiger partial charge in [-0.15, -0.1) is 0 Å². The number of nitrogens with one attached hydrogen (secondary N) is 1. The Labute approximate surface area is 146 Å². The highest BCUT2D eigenvalue weighted by atomic mass is 16.5. The number of hydrogen-bond acceptors (Lipinski definition) is 4. The van der Waals surface area contributed by atoms with E-state index in [1.54, 1.807) is 32.4 Å². The van der Waals surface area contributed by atoms with Gasteiger partial charge in [0.25, 0.3) is 11.8 Å². The van der Waals surface area contributed by atoms with Crippen LogP contribution < -0.4 is 19.7 Å². The van der Waals surface area contributed by atoms with Crippen LogP contribution in [0.5, 0.6) is 11.5 Å². The smallest absolute Gasteiger partial charge is 0.264 e. The first-order valence-electron chi connectivity index (χ1n) is 8.03. The molecule has 0 aliphatic carbocycles. The maximum Gasteiger partial charge on any atom is 0.264 e. The van der Waals surface area contributed by atoms with E-state index in [-0.39, 0.29) is 18.4 Å². The van der Waals surface area contributed by atoms with Crippen LogP contribution in [0.1, 0.15) is 15.9 Å². The van der Waals surface area contributed by atoms with E-state index >= 15 is 0 Å². The number of likely N-dealkylation sites (N-methyl/N-ethyl adjacent to an activating group) is 1. The second-order valence-electron chi connectivity index (χ2n) is 5.74. The molecule has 2 aromatic carbocycles. The number of rotatable bonds is 5. The summed E-state index contributed by atoms with van der Waals surface area (Å²) in [5.74, 6) is 1.08. The van der Waals surface area contributed by atoms with E-state index in [4.69, 9.17) is 9.47 Å². The molecule has 3 rings (SSSR count). The fourth-order valence-corrected chi connectivity index (χ4v) is 2.74. The van der Waals surface area contributed by atoms with Crippen molar-refractivity contribution in [1.29, 1.82) is 0 Å². The average Bonchev–Trinajstić information content (AvgIpc) is 2.65. The van der Waals surface area contributed by atoms with Gasteiger partial charge in [0.1, 0.15) is 11.5 Å². The van der Waals surface area contributed by atoms with Gasteiger partial charge in [0.05, 0.1) is 12.8 Å². The van der Waals surface area contributed by atoms with E-state index in [2.05, 4.69) is 5.32 Å². The number of fused-ring (bicyclic) bond motifs is 1. The SMILES string of the molecule is COc1ccccc1CCNC(=O)c1ccc2c(c1)N(C)C(=O)CO2. The Hall–Kier alpha value is -3.02. The average molecular weight is 340 g/mol. The molecule has 1 N–H and O–H groups in total. The summed E-state index contributed by atoms with van der Waals surface area (Å²) in [6.07, 6.45) is 0.669. The van der Waals surface area contributed by atoms with Crippen molar-refractivity contribution in [3.05, 3.63) is 53.6 Å². The molecule has 130 valence electrons. The van der Waals surface area contributed by atoms with E-state index in [0.29, 0.717) is 30.0 Å². The van der Waals surface area contributed by atoms with Gasteiger partial charge in [0, 0.05) is 19.2 Å². The third kappa shape index (κ3) is 3.57. The molecule has 25 heavy (non-hydrogen) atoms. The minimum absolute atomic E-state index is 0.0218. The number of amides is 2. The van der Waals surface area contributed by atoms with Crippen LogP contribution in [0.3, 0.4) is 0 Å². The number of anilines is 1. The molecular formula is C19H20N2O4. The van der Waals surface area contributed by atoms with Gasteiger partial charge in [-0.2, -0.15) is 0 Å². The molecule has 0 saturated carbocycles. The summed E-state index contributed by atoms with van der Waals surface area (Å²) in [5.41, 5.74) is 2.13. The van der Waals surface area contributed by atoms with Gasteiger partial charge in [0.15, 0.2) is 6.61 Å². The molecule has 0 spiro atoms. The molecule has 1 aliphatic heterocycles. The lowest BCUT2D eigenvalue weighted by Crippen LogP contribution is -2.35. The second kappa shape index (κ2) is 7.25. The van der Waals surface area contributed by atoms with Crippen LogP contribution >= 0.6 is 0 Å². The Kier molecular flexibility index (Phi) is 4.88. The van der Waals surface area contributed by atoms with Crippen LogP contribution in [0.4, 0.5) is 5.69 Å². The molecule has 2 amide bonds. The first kappa shape index (κ1) is 16.8. The Bertz CT molecular complexity index is 804. The molecule has 2 aromatic rings. The molecule has 1 aliphatic rings. The van der Waals surface area contributed by atoms with Crippen LogP contribution in [0.15, 0.2) is 42.5 Å². The van der Waals surface area contributed by atoms with Crippen LogP contribution in [0.2, 0.25) is 0 Å². The number of carbonyl (C=O) groups excluding carboxylic acids is 2. The number of benzene rings is 2. The van der Waals surface area contributed by atoms with Gasteiger partial charge >= 0.3 is 0 Å². The van der Waals surface area contributed by atoms with Gasteiger partial charge in [-0.25, -0.2) is 0 Å². The molecule has 1 heterocycles. The molecule has 0 radical (unpaired) electrons. The zero-order chi connectivity index (χ0) is 17.8.